The Morgan fingerprint density at radius 2 is 2.12 bits per heavy atom. The summed E-state index contributed by atoms with van der Waals surface area (Å²) in [5, 5.41) is 6.47. The lowest BCUT2D eigenvalue weighted by Gasteiger charge is -2.02. The molecule has 0 unspecified atom stereocenters. The van der Waals surface area contributed by atoms with Crippen LogP contribution in [-0.4, -0.2) is 20.5 Å². The molecule has 0 atom stereocenters. The third kappa shape index (κ3) is 2.57. The molecule has 1 heterocycles. The molecule has 2 rings (SSSR count). The number of amides is 1. The number of hydrogen-bond acceptors (Lipinski definition) is 4. The standard InChI is InChI=1S/C10H8IN3O2/c11-5-9(15)13-8-3-1-7(2-4-8)10-12-6-16-14-10/h1-4,6H,5H2,(H,13,15). The van der Waals surface area contributed by atoms with Crippen molar-refractivity contribution < 1.29 is 9.32 Å². The molecule has 16 heavy (non-hydrogen) atoms. The number of anilines is 1. The van der Waals surface area contributed by atoms with Gasteiger partial charge in [-0.1, -0.05) is 27.7 Å². The first kappa shape index (κ1) is 11.1. The number of carbonyl (C=O) groups excluding carboxylic acids is 1. The largest absolute Gasteiger partial charge is 0.342 e. The van der Waals surface area contributed by atoms with E-state index in [1.54, 1.807) is 12.1 Å². The predicted octanol–water partition coefficient (Wildman–Crippen LogP) is 2.11. The third-order valence-electron chi connectivity index (χ3n) is 1.91. The fraction of sp³-hybridized carbons (Fsp3) is 0.100. The van der Waals surface area contributed by atoms with Gasteiger partial charge in [-0.25, -0.2) is 0 Å². The zero-order valence-electron chi connectivity index (χ0n) is 8.18. The molecular formula is C10H8IN3O2. The summed E-state index contributed by atoms with van der Waals surface area (Å²) < 4.78 is 5.08. The highest BCUT2D eigenvalue weighted by molar-refractivity contribution is 14.1. The van der Waals surface area contributed by atoms with E-state index < -0.39 is 0 Å². The molecule has 0 aliphatic rings. The molecule has 0 saturated carbocycles. The second-order valence-electron chi connectivity index (χ2n) is 3.01. The van der Waals surface area contributed by atoms with Crippen molar-refractivity contribution in [1.82, 2.24) is 10.1 Å². The highest BCUT2D eigenvalue weighted by atomic mass is 127. The predicted molar refractivity (Wildman–Crippen MR) is 67.3 cm³/mol. The van der Waals surface area contributed by atoms with Gasteiger partial charge in [-0.3, -0.25) is 4.79 Å². The average Bonchev–Trinajstić information content (AvgIpc) is 2.83. The summed E-state index contributed by atoms with van der Waals surface area (Å²) >= 11 is 2.01. The topological polar surface area (TPSA) is 68.0 Å². The van der Waals surface area contributed by atoms with Crippen LogP contribution in [0.1, 0.15) is 0 Å². The van der Waals surface area contributed by atoms with E-state index in [4.69, 9.17) is 0 Å². The molecular weight excluding hydrogens is 321 g/mol. The van der Waals surface area contributed by atoms with Crippen molar-refractivity contribution in [2.75, 3.05) is 9.74 Å². The summed E-state index contributed by atoms with van der Waals surface area (Å²) in [5.74, 6) is 0.514. The molecule has 0 aliphatic carbocycles. The van der Waals surface area contributed by atoms with E-state index in [1.165, 1.54) is 6.39 Å². The van der Waals surface area contributed by atoms with Gasteiger partial charge in [0.05, 0.1) is 4.43 Å². The van der Waals surface area contributed by atoms with Crippen molar-refractivity contribution in [2.45, 2.75) is 0 Å². The number of alkyl halides is 1. The van der Waals surface area contributed by atoms with Crippen molar-refractivity contribution >= 4 is 34.2 Å². The lowest BCUT2D eigenvalue weighted by atomic mass is 10.2. The van der Waals surface area contributed by atoms with E-state index in [-0.39, 0.29) is 5.91 Å². The normalized spacial score (nSPS) is 10.1. The van der Waals surface area contributed by atoms with E-state index in [2.05, 4.69) is 20.0 Å². The van der Waals surface area contributed by atoms with Crippen LogP contribution in [0.5, 0.6) is 0 Å². The van der Waals surface area contributed by atoms with Gasteiger partial charge in [-0.15, -0.1) is 0 Å². The third-order valence-corrected chi connectivity index (χ3v) is 2.60. The first-order valence-electron chi connectivity index (χ1n) is 4.52. The van der Waals surface area contributed by atoms with Gasteiger partial charge in [0.2, 0.25) is 18.1 Å². The molecule has 1 amide bonds. The van der Waals surface area contributed by atoms with Crippen LogP contribution in [0.15, 0.2) is 35.2 Å². The fourth-order valence-electron chi connectivity index (χ4n) is 1.19. The molecule has 0 saturated heterocycles. The van der Waals surface area contributed by atoms with E-state index in [9.17, 15) is 4.79 Å². The van der Waals surface area contributed by atoms with E-state index >= 15 is 0 Å². The van der Waals surface area contributed by atoms with Gasteiger partial charge in [0.15, 0.2) is 0 Å². The maximum atomic E-state index is 11.1. The Balaban J connectivity index is 2.14. The first-order valence-corrected chi connectivity index (χ1v) is 6.05. The fourth-order valence-corrected chi connectivity index (χ4v) is 1.39. The number of aromatic nitrogens is 2. The quantitative estimate of drug-likeness (QED) is 0.692. The molecule has 0 radical (unpaired) electrons. The van der Waals surface area contributed by atoms with Gasteiger partial charge >= 0.3 is 0 Å². The molecule has 1 aromatic heterocycles. The van der Waals surface area contributed by atoms with Crippen LogP contribution in [-0.2, 0) is 4.79 Å². The number of benzene rings is 1. The maximum Gasteiger partial charge on any atom is 0.234 e. The van der Waals surface area contributed by atoms with Crippen molar-refractivity contribution in [2.24, 2.45) is 0 Å². The molecule has 0 fully saturated rings. The number of nitrogens with one attached hydrogen (secondary N) is 1. The monoisotopic (exact) mass is 329 g/mol. The molecule has 82 valence electrons. The van der Waals surface area contributed by atoms with Crippen LogP contribution in [0.4, 0.5) is 5.69 Å². The lowest BCUT2D eigenvalue weighted by Crippen LogP contribution is -2.11. The minimum atomic E-state index is -0.0205. The summed E-state index contributed by atoms with van der Waals surface area (Å²) in [5.41, 5.74) is 1.61. The van der Waals surface area contributed by atoms with Crippen molar-refractivity contribution in [3.63, 3.8) is 0 Å². The van der Waals surface area contributed by atoms with E-state index in [0.717, 1.165) is 11.3 Å². The van der Waals surface area contributed by atoms with Gasteiger partial charge in [-0.2, -0.15) is 4.98 Å². The first-order chi connectivity index (χ1) is 7.79. The SMILES string of the molecule is O=C(CI)Nc1ccc(-c2ncon2)cc1. The Bertz CT molecular complexity index is 467. The van der Waals surface area contributed by atoms with Gasteiger partial charge in [-0.05, 0) is 24.3 Å². The Hall–Kier alpha value is -1.44. The number of rotatable bonds is 3. The van der Waals surface area contributed by atoms with Crippen molar-refractivity contribution in [3.8, 4) is 11.4 Å². The molecule has 0 spiro atoms. The lowest BCUT2D eigenvalue weighted by molar-refractivity contribution is -0.113. The van der Waals surface area contributed by atoms with E-state index in [1.807, 2.05) is 34.7 Å². The van der Waals surface area contributed by atoms with E-state index in [0.29, 0.717) is 10.3 Å². The Morgan fingerprint density at radius 3 is 2.69 bits per heavy atom. The van der Waals surface area contributed by atoms with Crippen molar-refractivity contribution in [3.05, 3.63) is 30.7 Å². The van der Waals surface area contributed by atoms with Crippen LogP contribution < -0.4 is 5.32 Å². The summed E-state index contributed by atoms with van der Waals surface area (Å²) in [4.78, 5) is 15.1. The average molecular weight is 329 g/mol. The van der Waals surface area contributed by atoms with Crippen LogP contribution in [0.25, 0.3) is 11.4 Å². The molecule has 2 aromatic rings. The smallest absolute Gasteiger partial charge is 0.234 e. The Labute approximate surface area is 105 Å². The Morgan fingerprint density at radius 1 is 1.38 bits per heavy atom. The number of nitrogens with zero attached hydrogens (tertiary/aromatic N) is 2. The van der Waals surface area contributed by atoms with Crippen molar-refractivity contribution in [1.29, 1.82) is 0 Å². The Kier molecular flexibility index (Phi) is 3.50. The van der Waals surface area contributed by atoms with Gasteiger partial charge in [0.1, 0.15) is 0 Å². The summed E-state index contributed by atoms with van der Waals surface area (Å²) in [6.45, 7) is 0. The zero-order chi connectivity index (χ0) is 11.4. The molecule has 0 aliphatic heterocycles. The second kappa shape index (κ2) is 5.06. The van der Waals surface area contributed by atoms with Crippen LogP contribution in [0, 0.1) is 0 Å². The highest BCUT2D eigenvalue weighted by Crippen LogP contribution is 2.17. The number of hydrogen-bond donors (Lipinski definition) is 1. The van der Waals surface area contributed by atoms with Crippen LogP contribution >= 0.6 is 22.6 Å². The molecule has 1 aromatic carbocycles. The summed E-state index contributed by atoms with van der Waals surface area (Å²) in [7, 11) is 0. The second-order valence-corrected chi connectivity index (χ2v) is 3.78. The minimum absolute atomic E-state index is 0.0205. The highest BCUT2D eigenvalue weighted by Gasteiger charge is 2.03. The summed E-state index contributed by atoms with van der Waals surface area (Å²) in [6, 6.07) is 7.26. The number of halogens is 1. The molecule has 5 nitrogen and oxygen atoms in total. The minimum Gasteiger partial charge on any atom is -0.342 e. The van der Waals surface area contributed by atoms with Crippen LogP contribution in [0.3, 0.4) is 0 Å². The zero-order valence-corrected chi connectivity index (χ0v) is 10.3. The van der Waals surface area contributed by atoms with Gasteiger partial charge in [0.25, 0.3) is 0 Å². The van der Waals surface area contributed by atoms with Crippen LogP contribution in [0.2, 0.25) is 0 Å². The van der Waals surface area contributed by atoms with Gasteiger partial charge in [0, 0.05) is 11.3 Å². The molecule has 1 N–H and O–H groups in total. The molecule has 6 heteroatoms. The number of carbonyl (C=O) groups is 1. The summed E-state index contributed by atoms with van der Waals surface area (Å²) in [6.07, 6.45) is 1.28. The van der Waals surface area contributed by atoms with Gasteiger partial charge < -0.3 is 9.84 Å². The molecule has 0 bridgehead atoms. The maximum absolute atomic E-state index is 11.1.